The minimum atomic E-state index is -1.33. The van der Waals surface area contributed by atoms with Crippen LogP contribution in [-0.4, -0.2) is 44.1 Å². The number of carbonyl (C=O) groups is 1. The van der Waals surface area contributed by atoms with Crippen LogP contribution >= 0.6 is 0 Å². The zero-order valence-electron chi connectivity index (χ0n) is 21.7. The molecule has 0 spiro atoms. The van der Waals surface area contributed by atoms with E-state index in [0.717, 1.165) is 63.3 Å². The number of benzene rings is 3. The molecule has 0 fully saturated rings. The molecule has 194 valence electrons. The van der Waals surface area contributed by atoms with Gasteiger partial charge >= 0.3 is 6.16 Å². The Labute approximate surface area is 221 Å². The lowest BCUT2D eigenvalue weighted by molar-refractivity contribution is 0.144. The number of nitrogens with zero attached hydrogens (tertiary/aromatic N) is 4. The van der Waals surface area contributed by atoms with Crippen molar-refractivity contribution in [1.82, 2.24) is 19.1 Å². The molecule has 8 heteroatoms. The Bertz CT molecular complexity index is 1580. The molecular formula is C30H30N4O4. The maximum absolute atomic E-state index is 11.1. The second kappa shape index (κ2) is 10.9. The minimum absolute atomic E-state index is 0.314. The van der Waals surface area contributed by atoms with Crippen LogP contribution in [0.4, 0.5) is 4.79 Å². The van der Waals surface area contributed by atoms with Crippen LogP contribution < -0.4 is 4.74 Å². The number of methoxy groups -OCH3 is 1. The number of para-hydroxylation sites is 1. The smallest absolute Gasteiger partial charge is 0.449 e. The van der Waals surface area contributed by atoms with Crippen molar-refractivity contribution >= 4 is 17.2 Å². The lowest BCUT2D eigenvalue weighted by atomic mass is 10.0. The van der Waals surface area contributed by atoms with Crippen molar-refractivity contribution in [2.45, 2.75) is 33.4 Å². The Morgan fingerprint density at radius 2 is 1.84 bits per heavy atom. The van der Waals surface area contributed by atoms with Gasteiger partial charge < -0.3 is 23.7 Å². The van der Waals surface area contributed by atoms with Crippen LogP contribution in [0.25, 0.3) is 33.4 Å². The monoisotopic (exact) mass is 510 g/mol. The largest absolute Gasteiger partial charge is 0.511 e. The van der Waals surface area contributed by atoms with Gasteiger partial charge in [-0.15, -0.1) is 0 Å². The van der Waals surface area contributed by atoms with E-state index < -0.39 is 6.16 Å². The molecule has 0 aliphatic carbocycles. The molecule has 5 aromatic rings. The van der Waals surface area contributed by atoms with Crippen molar-refractivity contribution in [1.29, 1.82) is 0 Å². The van der Waals surface area contributed by atoms with E-state index >= 15 is 0 Å². The highest BCUT2D eigenvalue weighted by molar-refractivity contribution is 5.85. The van der Waals surface area contributed by atoms with Crippen LogP contribution in [0.1, 0.15) is 23.9 Å². The first-order valence-corrected chi connectivity index (χ1v) is 12.6. The molecule has 2 heterocycles. The molecule has 0 amide bonds. The Balaban J connectivity index is 1.47. The fourth-order valence-corrected chi connectivity index (χ4v) is 4.72. The van der Waals surface area contributed by atoms with Crippen LogP contribution in [0.15, 0.2) is 73.2 Å². The summed E-state index contributed by atoms with van der Waals surface area (Å²) in [7, 11) is 1.70. The van der Waals surface area contributed by atoms with Gasteiger partial charge in [0.05, 0.1) is 29.7 Å². The zero-order valence-corrected chi connectivity index (χ0v) is 21.7. The number of imidazole rings is 2. The number of hydrogen-bond acceptors (Lipinski definition) is 5. The molecule has 0 saturated heterocycles. The van der Waals surface area contributed by atoms with Crippen LogP contribution in [-0.2, 0) is 24.2 Å². The van der Waals surface area contributed by atoms with E-state index in [2.05, 4.69) is 47.7 Å². The molecule has 0 saturated carbocycles. The second-order valence-corrected chi connectivity index (χ2v) is 9.18. The average molecular weight is 511 g/mol. The molecule has 0 atom stereocenters. The first kappa shape index (κ1) is 25.2. The van der Waals surface area contributed by atoms with Crippen molar-refractivity contribution < 1.29 is 19.4 Å². The van der Waals surface area contributed by atoms with Crippen LogP contribution in [0.2, 0.25) is 0 Å². The van der Waals surface area contributed by atoms with Gasteiger partial charge in [0.25, 0.3) is 0 Å². The van der Waals surface area contributed by atoms with Gasteiger partial charge in [0.1, 0.15) is 11.6 Å². The predicted octanol–water partition coefficient (Wildman–Crippen LogP) is 6.19. The van der Waals surface area contributed by atoms with Crippen molar-refractivity contribution in [2.75, 3.05) is 13.7 Å². The van der Waals surface area contributed by atoms with Gasteiger partial charge in [0.2, 0.25) is 0 Å². The van der Waals surface area contributed by atoms with E-state index in [9.17, 15) is 4.79 Å². The molecule has 5 rings (SSSR count). The summed E-state index contributed by atoms with van der Waals surface area (Å²) in [4.78, 5) is 20.7. The van der Waals surface area contributed by atoms with E-state index in [4.69, 9.17) is 19.6 Å². The lowest BCUT2D eigenvalue weighted by Gasteiger charge is -2.12. The highest BCUT2D eigenvalue weighted by atomic mass is 16.7. The first-order chi connectivity index (χ1) is 18.5. The van der Waals surface area contributed by atoms with Gasteiger partial charge in [0.15, 0.2) is 0 Å². The Morgan fingerprint density at radius 1 is 1.05 bits per heavy atom. The molecule has 0 unspecified atom stereocenters. The van der Waals surface area contributed by atoms with Gasteiger partial charge in [-0.3, -0.25) is 0 Å². The van der Waals surface area contributed by atoms with Gasteiger partial charge in [0, 0.05) is 43.9 Å². The summed E-state index contributed by atoms with van der Waals surface area (Å²) in [5, 5.41) is 9.07. The summed E-state index contributed by atoms with van der Waals surface area (Å²) in [6.45, 7) is 6.27. The zero-order chi connectivity index (χ0) is 26.6. The fraction of sp³-hybridized carbons (Fsp3) is 0.233. The lowest BCUT2D eigenvalue weighted by Crippen LogP contribution is -2.05. The highest BCUT2D eigenvalue weighted by Gasteiger charge is 2.15. The van der Waals surface area contributed by atoms with Gasteiger partial charge in [-0.2, -0.15) is 0 Å². The fourth-order valence-electron chi connectivity index (χ4n) is 4.72. The summed E-state index contributed by atoms with van der Waals surface area (Å²) >= 11 is 0. The molecule has 0 radical (unpaired) electrons. The third kappa shape index (κ3) is 5.17. The third-order valence-electron chi connectivity index (χ3n) is 6.61. The SMILES string of the molecule is CCc1nc2c(C)cc(-c3cn(CCOC)cn3)cc2n1Cc1ccc(-c2ccccc2OC(=O)O)cc1. The summed E-state index contributed by atoms with van der Waals surface area (Å²) in [6, 6.07) is 19.6. The molecular weight excluding hydrogens is 480 g/mol. The summed E-state index contributed by atoms with van der Waals surface area (Å²) in [5.41, 5.74) is 7.90. The van der Waals surface area contributed by atoms with Gasteiger partial charge in [-0.1, -0.05) is 49.4 Å². The number of aromatic nitrogens is 4. The molecule has 38 heavy (non-hydrogen) atoms. The van der Waals surface area contributed by atoms with E-state index in [1.807, 2.05) is 41.4 Å². The normalized spacial score (nSPS) is 11.2. The number of ether oxygens (including phenoxy) is 2. The maximum Gasteiger partial charge on any atom is 0.511 e. The standard InChI is InChI=1S/C30H30N4O4/c1-4-28-32-29-20(2)15-23(25-18-33(19-31-25)13-14-37-3)16-26(29)34(28)17-21-9-11-22(12-10-21)24-7-5-6-8-27(24)38-30(35)36/h5-12,15-16,18-19H,4,13-14,17H2,1-3H3,(H,35,36). The Morgan fingerprint density at radius 3 is 2.58 bits per heavy atom. The van der Waals surface area contributed by atoms with Gasteiger partial charge in [-0.05, 0) is 41.8 Å². The molecule has 1 N–H and O–H groups in total. The van der Waals surface area contributed by atoms with Crippen LogP contribution in [0.3, 0.4) is 0 Å². The van der Waals surface area contributed by atoms with E-state index in [-0.39, 0.29) is 0 Å². The van der Waals surface area contributed by atoms with Crippen molar-refractivity contribution in [3.63, 3.8) is 0 Å². The summed E-state index contributed by atoms with van der Waals surface area (Å²) in [5.74, 6) is 1.34. The maximum atomic E-state index is 11.1. The Hall–Kier alpha value is -4.43. The van der Waals surface area contributed by atoms with Gasteiger partial charge in [-0.25, -0.2) is 14.8 Å². The predicted molar refractivity (Wildman–Crippen MR) is 147 cm³/mol. The molecule has 0 bridgehead atoms. The van der Waals surface area contributed by atoms with E-state index in [1.165, 1.54) is 0 Å². The third-order valence-corrected chi connectivity index (χ3v) is 6.61. The molecule has 0 aliphatic rings. The van der Waals surface area contributed by atoms with Crippen molar-refractivity contribution in [2.24, 2.45) is 0 Å². The molecule has 0 aliphatic heterocycles. The number of aryl methyl sites for hydroxylation is 2. The topological polar surface area (TPSA) is 91.4 Å². The molecule has 8 nitrogen and oxygen atoms in total. The molecule has 2 aromatic heterocycles. The summed E-state index contributed by atoms with van der Waals surface area (Å²) < 4.78 is 14.5. The van der Waals surface area contributed by atoms with Crippen LogP contribution in [0.5, 0.6) is 5.75 Å². The first-order valence-electron chi connectivity index (χ1n) is 12.6. The minimum Gasteiger partial charge on any atom is -0.449 e. The average Bonchev–Trinajstić information content (AvgIpc) is 3.53. The number of carboxylic acid groups (broad SMARTS) is 1. The van der Waals surface area contributed by atoms with Crippen LogP contribution in [0, 0.1) is 6.92 Å². The molecule has 3 aromatic carbocycles. The van der Waals surface area contributed by atoms with E-state index in [0.29, 0.717) is 18.9 Å². The number of rotatable bonds is 9. The van der Waals surface area contributed by atoms with Crippen molar-refractivity contribution in [3.05, 3.63) is 90.1 Å². The second-order valence-electron chi connectivity index (χ2n) is 9.18. The highest BCUT2D eigenvalue weighted by Crippen LogP contribution is 2.31. The number of hydrogen-bond donors (Lipinski definition) is 1. The summed E-state index contributed by atoms with van der Waals surface area (Å²) in [6.07, 6.45) is 3.37. The van der Waals surface area contributed by atoms with E-state index in [1.54, 1.807) is 19.2 Å². The Kier molecular flexibility index (Phi) is 7.24. The van der Waals surface area contributed by atoms with Crippen molar-refractivity contribution in [3.8, 4) is 28.1 Å². The number of fused-ring (bicyclic) bond motifs is 1. The quantitative estimate of drug-likeness (QED) is 0.188.